The molecule has 9 nitrogen and oxygen atoms in total. The SMILES string of the molecule is COC(=O)c1ccccc1-c1ccc(/C=c2\sc3n(c2=O)[C@@H](c2cccc(OC)c2)C(C(=O)OC(C)C)=C(C)N=3)o1. The lowest BCUT2D eigenvalue weighted by Crippen LogP contribution is -2.40. The van der Waals surface area contributed by atoms with E-state index in [-0.39, 0.29) is 17.2 Å². The number of benzene rings is 2. The number of rotatable bonds is 7. The van der Waals surface area contributed by atoms with E-state index in [1.54, 1.807) is 88.6 Å². The number of hydrogen-bond acceptors (Lipinski definition) is 9. The third-order valence-corrected chi connectivity index (χ3v) is 7.47. The number of allylic oxidation sites excluding steroid dienone is 1. The zero-order chi connectivity index (χ0) is 29.3. The van der Waals surface area contributed by atoms with Gasteiger partial charge in [-0.2, -0.15) is 0 Å². The highest BCUT2D eigenvalue weighted by Gasteiger charge is 2.34. The topological polar surface area (TPSA) is 109 Å². The van der Waals surface area contributed by atoms with Crippen molar-refractivity contribution in [3.05, 3.63) is 109 Å². The summed E-state index contributed by atoms with van der Waals surface area (Å²) in [6.07, 6.45) is 1.28. The average molecular weight is 573 g/mol. The molecule has 0 saturated carbocycles. The number of carbonyl (C=O) groups excluding carboxylic acids is 2. The number of ether oxygens (including phenoxy) is 3. The molecule has 41 heavy (non-hydrogen) atoms. The number of aromatic nitrogens is 1. The molecule has 0 fully saturated rings. The van der Waals surface area contributed by atoms with Crippen LogP contribution in [-0.2, 0) is 14.3 Å². The van der Waals surface area contributed by atoms with E-state index in [1.165, 1.54) is 23.0 Å². The molecule has 0 radical (unpaired) electrons. The normalized spacial score (nSPS) is 15.0. The molecule has 1 aliphatic rings. The molecule has 0 bridgehead atoms. The third-order valence-electron chi connectivity index (χ3n) is 6.49. The molecule has 0 unspecified atom stereocenters. The smallest absolute Gasteiger partial charge is 0.338 e. The van der Waals surface area contributed by atoms with Gasteiger partial charge in [0.15, 0.2) is 4.80 Å². The van der Waals surface area contributed by atoms with E-state index < -0.39 is 18.0 Å². The number of furan rings is 1. The highest BCUT2D eigenvalue weighted by Crippen LogP contribution is 2.32. The Kier molecular flexibility index (Phi) is 7.76. The molecule has 10 heteroatoms. The maximum Gasteiger partial charge on any atom is 0.338 e. The lowest BCUT2D eigenvalue weighted by Gasteiger charge is -2.25. The molecule has 1 aliphatic heterocycles. The molecule has 0 N–H and O–H groups in total. The first-order valence-electron chi connectivity index (χ1n) is 12.9. The van der Waals surface area contributed by atoms with Gasteiger partial charge in [-0.15, -0.1) is 0 Å². The molecule has 4 aromatic rings. The molecular weight excluding hydrogens is 544 g/mol. The fourth-order valence-corrected chi connectivity index (χ4v) is 5.70. The Morgan fingerprint density at radius 2 is 1.83 bits per heavy atom. The van der Waals surface area contributed by atoms with Crippen LogP contribution in [0.3, 0.4) is 0 Å². The second kappa shape index (κ2) is 11.4. The molecular formula is C31H28N2O7S. The second-order valence-electron chi connectivity index (χ2n) is 9.55. The van der Waals surface area contributed by atoms with Gasteiger partial charge in [-0.25, -0.2) is 14.6 Å². The molecule has 0 spiro atoms. The van der Waals surface area contributed by atoms with Crippen molar-refractivity contribution in [1.82, 2.24) is 4.57 Å². The number of carbonyl (C=O) groups is 2. The first-order chi connectivity index (χ1) is 19.7. The molecule has 210 valence electrons. The summed E-state index contributed by atoms with van der Waals surface area (Å²) in [6, 6.07) is 16.9. The van der Waals surface area contributed by atoms with Gasteiger partial charge in [0.1, 0.15) is 17.3 Å². The minimum atomic E-state index is -0.770. The monoisotopic (exact) mass is 572 g/mol. The predicted molar refractivity (Wildman–Crippen MR) is 153 cm³/mol. The van der Waals surface area contributed by atoms with Gasteiger partial charge < -0.3 is 18.6 Å². The number of methoxy groups -OCH3 is 2. The minimum absolute atomic E-state index is 0.283. The second-order valence-corrected chi connectivity index (χ2v) is 10.6. The Morgan fingerprint density at radius 1 is 1.05 bits per heavy atom. The summed E-state index contributed by atoms with van der Waals surface area (Å²) in [5.41, 5.74) is 2.03. The van der Waals surface area contributed by atoms with Crippen LogP contribution in [0.2, 0.25) is 0 Å². The zero-order valence-corrected chi connectivity index (χ0v) is 24.0. The fourth-order valence-electron chi connectivity index (χ4n) is 4.68. The van der Waals surface area contributed by atoms with Crippen molar-refractivity contribution in [3.63, 3.8) is 0 Å². The summed E-state index contributed by atoms with van der Waals surface area (Å²) in [6.45, 7) is 5.27. The molecule has 2 aromatic heterocycles. The van der Waals surface area contributed by atoms with E-state index in [2.05, 4.69) is 4.99 Å². The van der Waals surface area contributed by atoms with Crippen molar-refractivity contribution < 1.29 is 28.2 Å². The number of thiazole rings is 1. The van der Waals surface area contributed by atoms with E-state index in [0.29, 0.717) is 49.0 Å². The Labute approximate surface area is 239 Å². The first kappa shape index (κ1) is 27.9. The van der Waals surface area contributed by atoms with E-state index >= 15 is 0 Å². The van der Waals surface area contributed by atoms with Crippen molar-refractivity contribution in [2.75, 3.05) is 14.2 Å². The van der Waals surface area contributed by atoms with Gasteiger partial charge in [0.25, 0.3) is 5.56 Å². The number of nitrogens with zero attached hydrogens (tertiary/aromatic N) is 2. The van der Waals surface area contributed by atoms with Crippen LogP contribution < -0.4 is 19.6 Å². The maximum atomic E-state index is 13.9. The summed E-state index contributed by atoms with van der Waals surface area (Å²) in [5, 5.41) is 0. The van der Waals surface area contributed by atoms with Gasteiger partial charge in [0.2, 0.25) is 0 Å². The third kappa shape index (κ3) is 5.38. The summed E-state index contributed by atoms with van der Waals surface area (Å²) in [5.74, 6) is 0.438. The van der Waals surface area contributed by atoms with Gasteiger partial charge in [-0.1, -0.05) is 41.7 Å². The molecule has 0 amide bonds. The van der Waals surface area contributed by atoms with Gasteiger partial charge in [0.05, 0.1) is 47.7 Å². The largest absolute Gasteiger partial charge is 0.497 e. The average Bonchev–Trinajstić information content (AvgIpc) is 3.55. The van der Waals surface area contributed by atoms with Gasteiger partial charge in [-0.05, 0) is 56.7 Å². The zero-order valence-electron chi connectivity index (χ0n) is 23.2. The van der Waals surface area contributed by atoms with Crippen LogP contribution in [0, 0.1) is 0 Å². The first-order valence-corrected chi connectivity index (χ1v) is 13.7. The van der Waals surface area contributed by atoms with Crippen LogP contribution in [0.4, 0.5) is 0 Å². The van der Waals surface area contributed by atoms with Crippen molar-refractivity contribution in [2.24, 2.45) is 4.99 Å². The Morgan fingerprint density at radius 3 is 2.56 bits per heavy atom. The maximum absolute atomic E-state index is 13.9. The molecule has 3 heterocycles. The van der Waals surface area contributed by atoms with Crippen LogP contribution in [0.1, 0.15) is 48.5 Å². The van der Waals surface area contributed by atoms with Crippen molar-refractivity contribution in [3.8, 4) is 17.1 Å². The quantitative estimate of drug-likeness (QED) is 0.305. The summed E-state index contributed by atoms with van der Waals surface area (Å²) < 4.78 is 23.8. The van der Waals surface area contributed by atoms with Gasteiger partial charge in [0, 0.05) is 11.6 Å². The predicted octanol–water partition coefficient (Wildman–Crippen LogP) is 4.24. The van der Waals surface area contributed by atoms with Crippen LogP contribution in [-0.4, -0.2) is 36.8 Å². The minimum Gasteiger partial charge on any atom is -0.497 e. The highest BCUT2D eigenvalue weighted by atomic mass is 32.1. The molecule has 5 rings (SSSR count). The molecule has 0 saturated heterocycles. The van der Waals surface area contributed by atoms with Crippen LogP contribution in [0.5, 0.6) is 5.75 Å². The Hall–Kier alpha value is -4.70. The van der Waals surface area contributed by atoms with E-state index in [4.69, 9.17) is 18.6 Å². The lowest BCUT2D eigenvalue weighted by atomic mass is 9.95. The fraction of sp³-hybridized carbons (Fsp3) is 0.226. The molecule has 2 aromatic carbocycles. The number of esters is 2. The summed E-state index contributed by atoms with van der Waals surface area (Å²) in [4.78, 5) is 44.5. The number of hydrogen-bond donors (Lipinski definition) is 0. The van der Waals surface area contributed by atoms with E-state index in [9.17, 15) is 14.4 Å². The van der Waals surface area contributed by atoms with Crippen LogP contribution >= 0.6 is 11.3 Å². The molecule has 0 aliphatic carbocycles. The van der Waals surface area contributed by atoms with Crippen molar-refractivity contribution in [1.29, 1.82) is 0 Å². The number of fused-ring (bicyclic) bond motifs is 1. The Balaban J connectivity index is 1.63. The van der Waals surface area contributed by atoms with Gasteiger partial charge >= 0.3 is 11.9 Å². The summed E-state index contributed by atoms with van der Waals surface area (Å²) in [7, 11) is 2.88. The van der Waals surface area contributed by atoms with E-state index in [0.717, 1.165) is 0 Å². The highest BCUT2D eigenvalue weighted by molar-refractivity contribution is 7.07. The summed E-state index contributed by atoms with van der Waals surface area (Å²) >= 11 is 1.19. The lowest BCUT2D eigenvalue weighted by molar-refractivity contribution is -0.143. The van der Waals surface area contributed by atoms with Crippen molar-refractivity contribution in [2.45, 2.75) is 32.9 Å². The standard InChI is InChI=1S/C31H28N2O7S/c1-17(2)39-30(36)26-18(3)32-31-33(27(26)19-9-8-10-20(15-19)37-4)28(34)25(41-31)16-21-13-14-24(40-21)22-11-6-7-12-23(22)29(35)38-5/h6-17,27H,1-5H3/b25-16-/t27-/m0/s1. The van der Waals surface area contributed by atoms with Gasteiger partial charge in [-0.3, -0.25) is 9.36 Å². The molecule has 1 atom stereocenters. The van der Waals surface area contributed by atoms with Crippen LogP contribution in [0.25, 0.3) is 17.4 Å². The Bertz CT molecular complexity index is 1860. The van der Waals surface area contributed by atoms with Crippen LogP contribution in [0.15, 0.2) is 86.1 Å². The van der Waals surface area contributed by atoms with Crippen molar-refractivity contribution >= 4 is 29.4 Å². The van der Waals surface area contributed by atoms with E-state index in [1.807, 2.05) is 6.07 Å².